The molecule has 0 atom stereocenters. The standard InChI is InChI=1S/C15H22N4O3.ClH/c1-16-12-7-9-18(10-8-12)15(20)11-17(2)13-5-3-4-6-14(13)19(21)22;/h3-6,12,16H,7-11H2,1-2H3;1H. The fraction of sp³-hybridized carbons (Fsp3) is 0.533. The number of rotatable bonds is 5. The minimum Gasteiger partial charge on any atom is -0.360 e. The van der Waals surface area contributed by atoms with Gasteiger partial charge < -0.3 is 15.1 Å². The monoisotopic (exact) mass is 342 g/mol. The number of amides is 1. The number of anilines is 1. The van der Waals surface area contributed by atoms with Crippen molar-refractivity contribution in [3.63, 3.8) is 0 Å². The van der Waals surface area contributed by atoms with Crippen LogP contribution in [0.4, 0.5) is 11.4 Å². The van der Waals surface area contributed by atoms with Crippen LogP contribution in [0.1, 0.15) is 12.8 Å². The van der Waals surface area contributed by atoms with Crippen molar-refractivity contribution in [3.8, 4) is 0 Å². The van der Waals surface area contributed by atoms with Crippen LogP contribution in [0.2, 0.25) is 0 Å². The van der Waals surface area contributed by atoms with Crippen LogP contribution in [0.5, 0.6) is 0 Å². The molecule has 0 radical (unpaired) electrons. The highest BCUT2D eigenvalue weighted by molar-refractivity contribution is 5.85. The molecular formula is C15H23ClN4O3. The zero-order valence-corrected chi connectivity index (χ0v) is 14.2. The minimum atomic E-state index is -0.422. The van der Waals surface area contributed by atoms with E-state index in [1.165, 1.54) is 6.07 Å². The van der Waals surface area contributed by atoms with Crippen molar-refractivity contribution in [2.24, 2.45) is 0 Å². The van der Waals surface area contributed by atoms with Gasteiger partial charge in [-0.1, -0.05) is 12.1 Å². The summed E-state index contributed by atoms with van der Waals surface area (Å²) in [6.45, 7) is 1.61. The molecule has 1 aliphatic heterocycles. The number of nitrogens with one attached hydrogen (secondary N) is 1. The third-order valence-electron chi connectivity index (χ3n) is 4.12. The van der Waals surface area contributed by atoms with Crippen molar-refractivity contribution in [1.29, 1.82) is 0 Å². The SMILES string of the molecule is CNC1CCN(C(=O)CN(C)c2ccccc2[N+](=O)[O-])CC1.Cl. The Kier molecular flexibility index (Phi) is 7.25. The van der Waals surface area contributed by atoms with E-state index in [0.717, 1.165) is 25.9 Å². The highest BCUT2D eigenvalue weighted by Gasteiger charge is 2.24. The summed E-state index contributed by atoms with van der Waals surface area (Å²) in [5.41, 5.74) is 0.484. The van der Waals surface area contributed by atoms with E-state index in [4.69, 9.17) is 0 Å². The highest BCUT2D eigenvalue weighted by Crippen LogP contribution is 2.26. The first-order valence-corrected chi connectivity index (χ1v) is 7.42. The lowest BCUT2D eigenvalue weighted by molar-refractivity contribution is -0.384. The maximum absolute atomic E-state index is 12.4. The summed E-state index contributed by atoms with van der Waals surface area (Å²) in [6.07, 6.45) is 1.88. The second kappa shape index (κ2) is 8.69. The number of nitrogens with zero attached hydrogens (tertiary/aromatic N) is 3. The van der Waals surface area contributed by atoms with Crippen LogP contribution in [-0.4, -0.2) is 55.5 Å². The molecule has 1 aromatic carbocycles. The molecule has 128 valence electrons. The average molecular weight is 343 g/mol. The number of nitro benzene ring substituents is 1. The smallest absolute Gasteiger partial charge is 0.292 e. The first-order valence-electron chi connectivity index (χ1n) is 7.42. The maximum Gasteiger partial charge on any atom is 0.292 e. The molecule has 0 spiro atoms. The molecule has 1 fully saturated rings. The number of hydrogen-bond acceptors (Lipinski definition) is 5. The summed E-state index contributed by atoms with van der Waals surface area (Å²) in [4.78, 5) is 26.5. The van der Waals surface area contributed by atoms with Gasteiger partial charge in [-0.05, 0) is 26.0 Å². The molecule has 1 heterocycles. The molecule has 23 heavy (non-hydrogen) atoms. The van der Waals surface area contributed by atoms with Crippen molar-refractivity contribution >= 4 is 29.7 Å². The number of halogens is 1. The Morgan fingerprint density at radius 1 is 1.39 bits per heavy atom. The largest absolute Gasteiger partial charge is 0.360 e. The van der Waals surface area contributed by atoms with Gasteiger partial charge in [0.2, 0.25) is 5.91 Å². The number of carbonyl (C=O) groups excluding carboxylic acids is 1. The lowest BCUT2D eigenvalue weighted by Gasteiger charge is -2.33. The summed E-state index contributed by atoms with van der Waals surface area (Å²) < 4.78 is 0. The van der Waals surface area contributed by atoms with Gasteiger partial charge in [0.05, 0.1) is 11.5 Å². The molecule has 0 saturated carbocycles. The van der Waals surface area contributed by atoms with Crippen molar-refractivity contribution in [2.75, 3.05) is 38.6 Å². The van der Waals surface area contributed by atoms with Crippen molar-refractivity contribution in [3.05, 3.63) is 34.4 Å². The number of hydrogen-bond donors (Lipinski definition) is 1. The molecule has 1 amide bonds. The maximum atomic E-state index is 12.4. The zero-order chi connectivity index (χ0) is 16.1. The molecule has 7 nitrogen and oxygen atoms in total. The van der Waals surface area contributed by atoms with E-state index in [9.17, 15) is 14.9 Å². The van der Waals surface area contributed by atoms with Crippen LogP contribution < -0.4 is 10.2 Å². The Morgan fingerprint density at radius 3 is 2.57 bits per heavy atom. The summed E-state index contributed by atoms with van der Waals surface area (Å²) in [6, 6.07) is 6.95. The van der Waals surface area contributed by atoms with E-state index in [1.807, 2.05) is 11.9 Å². The van der Waals surface area contributed by atoms with Crippen molar-refractivity contribution in [1.82, 2.24) is 10.2 Å². The molecule has 1 aliphatic rings. The van der Waals surface area contributed by atoms with Gasteiger partial charge in [0.25, 0.3) is 5.69 Å². The van der Waals surface area contributed by atoms with Crippen LogP contribution in [-0.2, 0) is 4.79 Å². The molecule has 1 aromatic rings. The second-order valence-electron chi connectivity index (χ2n) is 5.55. The van der Waals surface area contributed by atoms with Gasteiger partial charge in [0.15, 0.2) is 0 Å². The predicted molar refractivity (Wildman–Crippen MR) is 92.3 cm³/mol. The summed E-state index contributed by atoms with van der Waals surface area (Å²) in [7, 11) is 3.64. The Hall–Kier alpha value is -1.86. The normalized spacial score (nSPS) is 15.0. The van der Waals surface area contributed by atoms with Crippen LogP contribution in [0.15, 0.2) is 24.3 Å². The van der Waals surface area contributed by atoms with E-state index in [2.05, 4.69) is 5.32 Å². The summed E-state index contributed by atoms with van der Waals surface area (Å²) >= 11 is 0. The van der Waals surface area contributed by atoms with Gasteiger partial charge in [0.1, 0.15) is 5.69 Å². The van der Waals surface area contributed by atoms with Crippen LogP contribution in [0.3, 0.4) is 0 Å². The predicted octanol–water partition coefficient (Wildman–Crippen LogP) is 1.66. The molecule has 8 heteroatoms. The number of likely N-dealkylation sites (tertiary alicyclic amines) is 1. The van der Waals surface area contributed by atoms with E-state index >= 15 is 0 Å². The van der Waals surface area contributed by atoms with Crippen LogP contribution in [0, 0.1) is 10.1 Å². The number of likely N-dealkylation sites (N-methyl/N-ethyl adjacent to an activating group) is 1. The van der Waals surface area contributed by atoms with Gasteiger partial charge >= 0.3 is 0 Å². The first kappa shape index (κ1) is 19.2. The van der Waals surface area contributed by atoms with Gasteiger partial charge in [-0.25, -0.2) is 0 Å². The van der Waals surface area contributed by atoms with E-state index in [1.54, 1.807) is 30.1 Å². The van der Waals surface area contributed by atoms with Crippen LogP contribution in [0.25, 0.3) is 0 Å². The molecule has 0 aliphatic carbocycles. The van der Waals surface area contributed by atoms with Gasteiger partial charge in [0, 0.05) is 32.2 Å². The Bertz CT molecular complexity index is 547. The van der Waals surface area contributed by atoms with Crippen LogP contribution >= 0.6 is 12.4 Å². The molecule has 1 saturated heterocycles. The average Bonchev–Trinajstić information content (AvgIpc) is 2.54. The lowest BCUT2D eigenvalue weighted by Crippen LogP contribution is -2.47. The molecule has 2 rings (SSSR count). The number of para-hydroxylation sites is 2. The van der Waals surface area contributed by atoms with Crippen molar-refractivity contribution in [2.45, 2.75) is 18.9 Å². The Morgan fingerprint density at radius 2 is 2.00 bits per heavy atom. The topological polar surface area (TPSA) is 78.7 Å². The second-order valence-corrected chi connectivity index (χ2v) is 5.55. The fourth-order valence-corrected chi connectivity index (χ4v) is 2.75. The molecule has 0 unspecified atom stereocenters. The number of piperidine rings is 1. The van der Waals surface area contributed by atoms with E-state index in [-0.39, 0.29) is 30.5 Å². The highest BCUT2D eigenvalue weighted by atomic mass is 35.5. The first-order chi connectivity index (χ1) is 10.5. The number of carbonyl (C=O) groups is 1. The molecule has 1 N–H and O–H groups in total. The third-order valence-corrected chi connectivity index (χ3v) is 4.12. The quantitative estimate of drug-likeness (QED) is 0.650. The van der Waals surface area contributed by atoms with Gasteiger partial charge in [-0.3, -0.25) is 14.9 Å². The molecule has 0 bridgehead atoms. The van der Waals surface area contributed by atoms with E-state index in [0.29, 0.717) is 11.7 Å². The lowest BCUT2D eigenvalue weighted by atomic mass is 10.1. The molecule has 0 aromatic heterocycles. The number of nitro groups is 1. The van der Waals surface area contributed by atoms with Crippen molar-refractivity contribution < 1.29 is 9.72 Å². The minimum absolute atomic E-state index is 0. The molecular weight excluding hydrogens is 320 g/mol. The summed E-state index contributed by atoms with van der Waals surface area (Å²) in [5.74, 6) is 0.00945. The fourth-order valence-electron chi connectivity index (χ4n) is 2.75. The van der Waals surface area contributed by atoms with Gasteiger partial charge in [-0.2, -0.15) is 0 Å². The summed E-state index contributed by atoms with van der Waals surface area (Å²) in [5, 5.41) is 14.3. The number of benzene rings is 1. The van der Waals surface area contributed by atoms with Gasteiger partial charge in [-0.15, -0.1) is 12.4 Å². The third kappa shape index (κ3) is 4.80. The Balaban J connectivity index is 0.00000264. The van der Waals surface area contributed by atoms with E-state index < -0.39 is 4.92 Å². The Labute approximate surface area is 142 Å². The zero-order valence-electron chi connectivity index (χ0n) is 13.4.